The van der Waals surface area contributed by atoms with Crippen LogP contribution in [0.15, 0.2) is 24.3 Å². The highest BCUT2D eigenvalue weighted by Gasteiger charge is 2.23. The van der Waals surface area contributed by atoms with Crippen molar-refractivity contribution in [2.75, 3.05) is 26.2 Å². The molecule has 20 heavy (non-hydrogen) atoms. The number of hydrogen-bond donors (Lipinski definition) is 0. The van der Waals surface area contributed by atoms with Gasteiger partial charge in [0, 0.05) is 11.6 Å². The molecule has 2 unspecified atom stereocenters. The Bertz CT molecular complexity index is 419. The summed E-state index contributed by atoms with van der Waals surface area (Å²) in [6.45, 7) is 4.15. The van der Waals surface area contributed by atoms with Gasteiger partial charge in [-0.05, 0) is 63.6 Å². The Morgan fingerprint density at radius 1 is 1.30 bits per heavy atom. The molecule has 0 saturated carbocycles. The number of carbonyl (C=O) groups is 1. The Balaban J connectivity index is 2.69. The highest BCUT2D eigenvalue weighted by atomic mass is 32.2. The molecule has 0 heterocycles. The van der Waals surface area contributed by atoms with Crippen LogP contribution in [0.5, 0.6) is 5.75 Å². The molecule has 4 heteroatoms. The maximum atomic E-state index is 12.5. The average Bonchev–Trinajstić information content (AvgIpc) is 2.50. The third-order valence-electron chi connectivity index (χ3n) is 3.80. The van der Waals surface area contributed by atoms with E-state index in [0.29, 0.717) is 6.04 Å². The lowest BCUT2D eigenvalue weighted by molar-refractivity contribution is 0.0824. The first kappa shape index (κ1) is 17.1. The van der Waals surface area contributed by atoms with Gasteiger partial charge in [0.05, 0.1) is 13.2 Å². The Labute approximate surface area is 126 Å². The summed E-state index contributed by atoms with van der Waals surface area (Å²) in [7, 11) is 3.65. The number of ether oxygens (including phenoxy) is 1. The molecule has 1 aromatic carbocycles. The molecule has 0 aliphatic carbocycles. The minimum absolute atomic E-state index is 0.111. The molecule has 0 N–H and O–H groups in total. The number of ketones is 1. The van der Waals surface area contributed by atoms with Crippen LogP contribution in [0.25, 0.3) is 0 Å². The van der Waals surface area contributed by atoms with Crippen LogP contribution in [0.1, 0.15) is 30.6 Å². The van der Waals surface area contributed by atoms with Gasteiger partial charge in [-0.15, -0.1) is 0 Å². The Morgan fingerprint density at radius 2 is 1.90 bits per heavy atom. The summed E-state index contributed by atoms with van der Waals surface area (Å²) in [5.41, 5.74) is 0.738. The number of Topliss-reactive ketones (excluding diaryl/α,β-unsaturated/α-hetero) is 1. The zero-order valence-electron chi connectivity index (χ0n) is 13.1. The third-order valence-corrected chi connectivity index (χ3v) is 4.44. The lowest BCUT2D eigenvalue weighted by Crippen LogP contribution is -2.42. The smallest absolute Gasteiger partial charge is 0.179 e. The number of rotatable bonds is 8. The van der Waals surface area contributed by atoms with Gasteiger partial charge in [0.1, 0.15) is 5.75 Å². The Kier molecular flexibility index (Phi) is 7.10. The van der Waals surface area contributed by atoms with Crippen molar-refractivity contribution in [3.05, 3.63) is 29.8 Å². The van der Waals surface area contributed by atoms with Gasteiger partial charge in [-0.1, -0.05) is 0 Å². The predicted molar refractivity (Wildman–Crippen MR) is 87.0 cm³/mol. The van der Waals surface area contributed by atoms with Crippen molar-refractivity contribution >= 4 is 17.5 Å². The van der Waals surface area contributed by atoms with E-state index >= 15 is 0 Å². The monoisotopic (exact) mass is 295 g/mol. The van der Waals surface area contributed by atoms with Crippen molar-refractivity contribution in [3.63, 3.8) is 0 Å². The standard InChI is InChI=1S/C16H25NO2S/c1-12(10-11-20-5)17(3)13(2)16(18)14-6-8-15(19-4)9-7-14/h6-9,12-13H,10-11H2,1-5H3. The molecule has 2 atom stereocenters. The third kappa shape index (κ3) is 4.53. The van der Waals surface area contributed by atoms with Crippen LogP contribution in [-0.4, -0.2) is 48.9 Å². The van der Waals surface area contributed by atoms with Crippen LogP contribution >= 0.6 is 11.8 Å². The summed E-state index contributed by atoms with van der Waals surface area (Å²) in [5, 5.41) is 0. The number of likely N-dealkylation sites (N-methyl/N-ethyl adjacent to an activating group) is 1. The van der Waals surface area contributed by atoms with Crippen LogP contribution in [-0.2, 0) is 0 Å². The van der Waals surface area contributed by atoms with E-state index in [0.717, 1.165) is 23.5 Å². The molecule has 112 valence electrons. The van der Waals surface area contributed by atoms with E-state index in [4.69, 9.17) is 4.74 Å². The zero-order chi connectivity index (χ0) is 15.1. The summed E-state index contributed by atoms with van der Waals surface area (Å²) < 4.78 is 5.12. The molecule has 0 aliphatic heterocycles. The second-order valence-electron chi connectivity index (χ2n) is 5.06. The average molecular weight is 295 g/mol. The van der Waals surface area contributed by atoms with E-state index in [2.05, 4.69) is 18.1 Å². The van der Waals surface area contributed by atoms with E-state index in [1.807, 2.05) is 50.0 Å². The van der Waals surface area contributed by atoms with Gasteiger partial charge in [0.15, 0.2) is 5.78 Å². The van der Waals surface area contributed by atoms with E-state index < -0.39 is 0 Å². The topological polar surface area (TPSA) is 29.5 Å². The van der Waals surface area contributed by atoms with Gasteiger partial charge in [-0.3, -0.25) is 9.69 Å². The zero-order valence-corrected chi connectivity index (χ0v) is 13.9. The van der Waals surface area contributed by atoms with Crippen LogP contribution in [0, 0.1) is 0 Å². The number of thioether (sulfide) groups is 1. The first-order chi connectivity index (χ1) is 9.51. The van der Waals surface area contributed by atoms with Crippen molar-refractivity contribution in [2.45, 2.75) is 32.4 Å². The number of hydrogen-bond acceptors (Lipinski definition) is 4. The number of carbonyl (C=O) groups excluding carboxylic acids is 1. The van der Waals surface area contributed by atoms with Gasteiger partial charge in [0.2, 0.25) is 0 Å². The summed E-state index contributed by atoms with van der Waals surface area (Å²) in [5.74, 6) is 2.05. The lowest BCUT2D eigenvalue weighted by atomic mass is 10.0. The second kappa shape index (κ2) is 8.32. The highest BCUT2D eigenvalue weighted by Crippen LogP contribution is 2.16. The fourth-order valence-electron chi connectivity index (χ4n) is 2.06. The van der Waals surface area contributed by atoms with E-state index in [-0.39, 0.29) is 11.8 Å². The molecular weight excluding hydrogens is 270 g/mol. The van der Waals surface area contributed by atoms with E-state index in [1.165, 1.54) is 0 Å². The molecular formula is C16H25NO2S. The second-order valence-corrected chi connectivity index (χ2v) is 6.05. The SMILES string of the molecule is COc1ccc(C(=O)C(C)N(C)C(C)CCSC)cc1. The van der Waals surface area contributed by atoms with Gasteiger partial charge < -0.3 is 4.74 Å². The molecule has 1 rings (SSSR count). The van der Waals surface area contributed by atoms with Crippen LogP contribution in [0.4, 0.5) is 0 Å². The van der Waals surface area contributed by atoms with Gasteiger partial charge in [-0.25, -0.2) is 0 Å². The molecule has 0 fully saturated rings. The Hall–Kier alpha value is -1.00. The van der Waals surface area contributed by atoms with Crippen LogP contribution < -0.4 is 4.74 Å². The maximum absolute atomic E-state index is 12.5. The highest BCUT2D eigenvalue weighted by molar-refractivity contribution is 7.98. The molecule has 0 spiro atoms. The van der Waals surface area contributed by atoms with Crippen molar-refractivity contribution in [1.82, 2.24) is 4.90 Å². The molecule has 3 nitrogen and oxygen atoms in total. The summed E-state index contributed by atoms with van der Waals surface area (Å²) in [4.78, 5) is 14.6. The van der Waals surface area contributed by atoms with Crippen molar-refractivity contribution in [1.29, 1.82) is 0 Å². The van der Waals surface area contributed by atoms with Crippen LogP contribution in [0.3, 0.4) is 0 Å². The summed E-state index contributed by atoms with van der Waals surface area (Å²) >= 11 is 1.84. The molecule has 0 aliphatic rings. The predicted octanol–water partition coefficient (Wildman–Crippen LogP) is 3.34. The Morgan fingerprint density at radius 3 is 2.40 bits per heavy atom. The maximum Gasteiger partial charge on any atom is 0.179 e. The van der Waals surface area contributed by atoms with Gasteiger partial charge in [-0.2, -0.15) is 11.8 Å². The molecule has 0 aromatic heterocycles. The number of nitrogens with zero attached hydrogens (tertiary/aromatic N) is 1. The van der Waals surface area contributed by atoms with Crippen molar-refractivity contribution in [2.24, 2.45) is 0 Å². The van der Waals surface area contributed by atoms with E-state index in [9.17, 15) is 4.79 Å². The number of methoxy groups -OCH3 is 1. The van der Waals surface area contributed by atoms with Gasteiger partial charge in [0.25, 0.3) is 0 Å². The molecule has 0 radical (unpaired) electrons. The molecule has 0 bridgehead atoms. The normalized spacial score (nSPS) is 14.1. The first-order valence-electron chi connectivity index (χ1n) is 6.90. The fourth-order valence-corrected chi connectivity index (χ4v) is 2.63. The molecule has 0 saturated heterocycles. The van der Waals surface area contributed by atoms with Crippen molar-refractivity contribution in [3.8, 4) is 5.75 Å². The van der Waals surface area contributed by atoms with Crippen LogP contribution in [0.2, 0.25) is 0 Å². The number of benzene rings is 1. The molecule has 1 aromatic rings. The minimum Gasteiger partial charge on any atom is -0.497 e. The largest absolute Gasteiger partial charge is 0.497 e. The first-order valence-corrected chi connectivity index (χ1v) is 8.29. The van der Waals surface area contributed by atoms with E-state index in [1.54, 1.807) is 7.11 Å². The minimum atomic E-state index is -0.111. The fraction of sp³-hybridized carbons (Fsp3) is 0.562. The summed E-state index contributed by atoms with van der Waals surface area (Å²) in [6.07, 6.45) is 3.20. The quantitative estimate of drug-likeness (QED) is 0.688. The molecule has 0 amide bonds. The summed E-state index contributed by atoms with van der Waals surface area (Å²) in [6, 6.07) is 7.62. The van der Waals surface area contributed by atoms with Gasteiger partial charge >= 0.3 is 0 Å². The lowest BCUT2D eigenvalue weighted by Gasteiger charge is -2.29. The van der Waals surface area contributed by atoms with Crippen molar-refractivity contribution < 1.29 is 9.53 Å².